The second-order valence-corrected chi connectivity index (χ2v) is 2.56. The van der Waals surface area contributed by atoms with Crippen LogP contribution in [0.3, 0.4) is 0 Å². The molecule has 0 atom stereocenters. The summed E-state index contributed by atoms with van der Waals surface area (Å²) in [4.78, 5) is 39.5. The predicted octanol–water partition coefficient (Wildman–Crippen LogP) is 0.665. The maximum absolute atomic E-state index is 10.1. The molecule has 11 heteroatoms. The minimum absolute atomic E-state index is 0.778. The molecular weight excluding hydrogens is 272 g/mol. The molecule has 0 aromatic rings. The SMILES string of the molecule is C1COCCO1.O=C(O)OC(=O)OC(=O)OC(=O)O. The highest BCUT2D eigenvalue weighted by atomic mass is 16.9. The highest BCUT2D eigenvalue weighted by Crippen LogP contribution is 1.91. The van der Waals surface area contributed by atoms with Crippen molar-refractivity contribution in [3.8, 4) is 0 Å². The van der Waals surface area contributed by atoms with Gasteiger partial charge in [0.15, 0.2) is 0 Å². The van der Waals surface area contributed by atoms with Gasteiger partial charge in [0.05, 0.1) is 26.4 Å². The summed E-state index contributed by atoms with van der Waals surface area (Å²) in [5, 5.41) is 15.6. The van der Waals surface area contributed by atoms with Crippen LogP contribution < -0.4 is 0 Å². The van der Waals surface area contributed by atoms with Crippen LogP contribution in [0.2, 0.25) is 0 Å². The maximum Gasteiger partial charge on any atom is 0.528 e. The first-order chi connectivity index (χ1) is 8.91. The monoisotopic (exact) mass is 282 g/mol. The van der Waals surface area contributed by atoms with Crippen LogP contribution in [0.5, 0.6) is 0 Å². The number of ether oxygens (including phenoxy) is 5. The van der Waals surface area contributed by atoms with Crippen LogP contribution in [0.25, 0.3) is 0 Å². The molecule has 0 spiro atoms. The summed E-state index contributed by atoms with van der Waals surface area (Å²) < 4.78 is 19.8. The molecule has 108 valence electrons. The van der Waals surface area contributed by atoms with Gasteiger partial charge in [0.1, 0.15) is 0 Å². The molecule has 1 rings (SSSR count). The Bertz CT molecular complexity index is 294. The summed E-state index contributed by atoms with van der Waals surface area (Å²) in [5.41, 5.74) is 0. The summed E-state index contributed by atoms with van der Waals surface area (Å²) >= 11 is 0. The van der Waals surface area contributed by atoms with Gasteiger partial charge in [-0.2, -0.15) is 0 Å². The third-order valence-electron chi connectivity index (χ3n) is 1.25. The number of rotatable bonds is 0. The number of hydrogen-bond donors (Lipinski definition) is 2. The minimum atomic E-state index is -2.01. The van der Waals surface area contributed by atoms with Crippen molar-refractivity contribution in [2.75, 3.05) is 26.4 Å². The van der Waals surface area contributed by atoms with Crippen molar-refractivity contribution < 1.29 is 53.1 Å². The van der Waals surface area contributed by atoms with E-state index in [-0.39, 0.29) is 0 Å². The maximum atomic E-state index is 10.1. The zero-order chi connectivity index (χ0) is 14.7. The first-order valence-corrected chi connectivity index (χ1v) is 4.64. The van der Waals surface area contributed by atoms with Gasteiger partial charge in [0.25, 0.3) is 0 Å². The minimum Gasteiger partial charge on any atom is -0.449 e. The second kappa shape index (κ2) is 9.61. The molecule has 0 bridgehead atoms. The fourth-order valence-electron chi connectivity index (χ4n) is 0.692. The highest BCUT2D eigenvalue weighted by molar-refractivity contribution is 5.86. The van der Waals surface area contributed by atoms with Crippen LogP contribution in [0.15, 0.2) is 0 Å². The number of carbonyl (C=O) groups is 4. The van der Waals surface area contributed by atoms with Crippen LogP contribution in [0, 0.1) is 0 Å². The van der Waals surface area contributed by atoms with Crippen LogP contribution in [-0.2, 0) is 23.7 Å². The average molecular weight is 282 g/mol. The van der Waals surface area contributed by atoms with Gasteiger partial charge in [0.2, 0.25) is 0 Å². The Labute approximate surface area is 105 Å². The molecule has 2 N–H and O–H groups in total. The van der Waals surface area contributed by atoms with E-state index in [0.717, 1.165) is 26.4 Å². The Kier molecular flexibility index (Phi) is 8.40. The average Bonchev–Trinajstić information content (AvgIpc) is 2.29. The molecule has 1 heterocycles. The standard InChI is InChI=1S/C4H2O9.C4H8O2/c5-1(6)11-3(9)13-4(10)12-2(7)8;1-2-6-4-3-5-1/h(H,5,6)(H,7,8);1-4H2. The van der Waals surface area contributed by atoms with Crippen LogP contribution in [0.4, 0.5) is 19.2 Å². The molecule has 0 aromatic heterocycles. The van der Waals surface area contributed by atoms with Crippen molar-refractivity contribution >= 4 is 24.6 Å². The Hall–Kier alpha value is -2.40. The van der Waals surface area contributed by atoms with E-state index in [1.54, 1.807) is 0 Å². The molecular formula is C8H10O11. The second-order valence-electron chi connectivity index (χ2n) is 2.56. The van der Waals surface area contributed by atoms with Gasteiger partial charge in [-0.15, -0.1) is 0 Å². The molecule has 0 aliphatic carbocycles. The quantitative estimate of drug-likeness (QED) is 0.475. The van der Waals surface area contributed by atoms with E-state index in [9.17, 15) is 19.2 Å². The summed E-state index contributed by atoms with van der Waals surface area (Å²) in [5.74, 6) is 0. The van der Waals surface area contributed by atoms with Gasteiger partial charge < -0.3 is 33.9 Å². The normalized spacial score (nSPS) is 13.3. The van der Waals surface area contributed by atoms with Gasteiger partial charge in [-0.25, -0.2) is 19.2 Å². The molecule has 19 heavy (non-hydrogen) atoms. The first-order valence-electron chi connectivity index (χ1n) is 4.64. The summed E-state index contributed by atoms with van der Waals surface area (Å²) in [6.45, 7) is 3.11. The van der Waals surface area contributed by atoms with Crippen molar-refractivity contribution in [2.45, 2.75) is 0 Å². The molecule has 11 nitrogen and oxygen atoms in total. The van der Waals surface area contributed by atoms with Gasteiger partial charge in [-0.3, -0.25) is 0 Å². The van der Waals surface area contributed by atoms with Gasteiger partial charge >= 0.3 is 24.6 Å². The fraction of sp³-hybridized carbons (Fsp3) is 0.500. The molecule has 1 aliphatic heterocycles. The van der Waals surface area contributed by atoms with Crippen LogP contribution in [-0.4, -0.2) is 61.3 Å². The molecule has 1 aliphatic rings. The van der Waals surface area contributed by atoms with E-state index in [1.165, 1.54) is 0 Å². The van der Waals surface area contributed by atoms with Crippen molar-refractivity contribution in [2.24, 2.45) is 0 Å². The van der Waals surface area contributed by atoms with E-state index < -0.39 is 24.6 Å². The van der Waals surface area contributed by atoms with Crippen LogP contribution in [0.1, 0.15) is 0 Å². The smallest absolute Gasteiger partial charge is 0.449 e. The summed E-state index contributed by atoms with van der Waals surface area (Å²) in [6.07, 6.45) is -7.82. The Morgan fingerprint density at radius 1 is 0.684 bits per heavy atom. The van der Waals surface area contributed by atoms with E-state index in [0.29, 0.717) is 0 Å². The lowest BCUT2D eigenvalue weighted by Gasteiger charge is -2.09. The first kappa shape index (κ1) is 16.6. The molecule has 0 aromatic carbocycles. The third-order valence-corrected chi connectivity index (χ3v) is 1.25. The summed E-state index contributed by atoms with van der Waals surface area (Å²) in [6, 6.07) is 0. The van der Waals surface area contributed by atoms with Crippen molar-refractivity contribution in [1.82, 2.24) is 0 Å². The molecule has 0 unspecified atom stereocenters. The van der Waals surface area contributed by atoms with E-state index in [1.807, 2.05) is 0 Å². The zero-order valence-electron chi connectivity index (χ0n) is 9.40. The predicted molar refractivity (Wildman–Crippen MR) is 51.7 cm³/mol. The van der Waals surface area contributed by atoms with E-state index in [2.05, 4.69) is 14.2 Å². The Balaban J connectivity index is 0.000000443. The van der Waals surface area contributed by atoms with E-state index >= 15 is 0 Å². The lowest BCUT2D eigenvalue weighted by Crippen LogP contribution is -2.19. The van der Waals surface area contributed by atoms with Crippen LogP contribution >= 0.6 is 0 Å². The Morgan fingerprint density at radius 2 is 1.00 bits per heavy atom. The molecule has 1 saturated heterocycles. The van der Waals surface area contributed by atoms with Gasteiger partial charge in [-0.05, 0) is 0 Å². The van der Waals surface area contributed by atoms with Gasteiger partial charge in [0, 0.05) is 0 Å². The molecule has 1 fully saturated rings. The largest absolute Gasteiger partial charge is 0.528 e. The molecule has 0 saturated carbocycles. The highest BCUT2D eigenvalue weighted by Gasteiger charge is 2.18. The van der Waals surface area contributed by atoms with Gasteiger partial charge in [-0.1, -0.05) is 0 Å². The lowest BCUT2D eigenvalue weighted by atomic mass is 10.6. The Morgan fingerprint density at radius 3 is 1.21 bits per heavy atom. The number of hydrogen-bond acceptors (Lipinski definition) is 9. The number of carbonyl (C=O) groups excluding carboxylic acids is 2. The fourth-order valence-corrected chi connectivity index (χ4v) is 0.692. The lowest BCUT2D eigenvalue weighted by molar-refractivity contribution is -0.0334. The topological polar surface area (TPSA) is 155 Å². The summed E-state index contributed by atoms with van der Waals surface area (Å²) in [7, 11) is 0. The van der Waals surface area contributed by atoms with Crippen molar-refractivity contribution in [1.29, 1.82) is 0 Å². The van der Waals surface area contributed by atoms with Crippen molar-refractivity contribution in [3.63, 3.8) is 0 Å². The molecule has 0 amide bonds. The third kappa shape index (κ3) is 11.9. The number of carboxylic acid groups (broad SMARTS) is 2. The zero-order valence-corrected chi connectivity index (χ0v) is 9.40. The van der Waals surface area contributed by atoms with Crippen molar-refractivity contribution in [3.05, 3.63) is 0 Å². The molecule has 0 radical (unpaired) electrons. The van der Waals surface area contributed by atoms with E-state index in [4.69, 9.17) is 19.7 Å².